The SMILES string of the molecule is COc1cccc2c1OC1(C)CC2NC(=S)N1c1ccc(Oc2ccccc2)cc1. The number of hydrogen-bond donors (Lipinski definition) is 1. The lowest BCUT2D eigenvalue weighted by atomic mass is 9.90. The smallest absolute Gasteiger partial charge is 0.188 e. The molecule has 3 aromatic carbocycles. The van der Waals surface area contributed by atoms with E-state index < -0.39 is 5.72 Å². The zero-order valence-corrected chi connectivity index (χ0v) is 17.6. The van der Waals surface area contributed by atoms with E-state index in [4.69, 9.17) is 26.4 Å². The van der Waals surface area contributed by atoms with Crippen LogP contribution in [0.5, 0.6) is 23.0 Å². The topological polar surface area (TPSA) is 43.0 Å². The maximum Gasteiger partial charge on any atom is 0.188 e. The van der Waals surface area contributed by atoms with Gasteiger partial charge < -0.3 is 19.5 Å². The summed E-state index contributed by atoms with van der Waals surface area (Å²) in [7, 11) is 1.66. The molecule has 2 heterocycles. The molecule has 1 saturated heterocycles. The predicted molar refractivity (Wildman–Crippen MR) is 121 cm³/mol. The average molecular weight is 419 g/mol. The van der Waals surface area contributed by atoms with Crippen LogP contribution < -0.4 is 24.4 Å². The molecule has 0 aliphatic carbocycles. The summed E-state index contributed by atoms with van der Waals surface area (Å²) in [6, 6.07) is 23.6. The van der Waals surface area contributed by atoms with Crippen molar-refractivity contribution in [3.63, 3.8) is 0 Å². The van der Waals surface area contributed by atoms with Gasteiger partial charge in [0.1, 0.15) is 11.5 Å². The van der Waals surface area contributed by atoms with Gasteiger partial charge in [0.25, 0.3) is 0 Å². The van der Waals surface area contributed by atoms with Crippen LogP contribution in [0, 0.1) is 0 Å². The lowest BCUT2D eigenvalue weighted by molar-refractivity contribution is 0.0464. The molecule has 2 atom stereocenters. The van der Waals surface area contributed by atoms with Gasteiger partial charge in [-0.25, -0.2) is 0 Å². The number of fused-ring (bicyclic) bond motifs is 4. The van der Waals surface area contributed by atoms with E-state index in [0.29, 0.717) is 5.11 Å². The number of benzene rings is 3. The quantitative estimate of drug-likeness (QED) is 0.571. The maximum absolute atomic E-state index is 6.52. The third-order valence-corrected chi connectivity index (χ3v) is 5.86. The predicted octanol–water partition coefficient (Wildman–Crippen LogP) is 5.42. The number of methoxy groups -OCH3 is 1. The van der Waals surface area contributed by atoms with Gasteiger partial charge in [0.15, 0.2) is 22.3 Å². The summed E-state index contributed by atoms with van der Waals surface area (Å²) < 4.78 is 18.0. The molecule has 2 bridgehead atoms. The molecule has 3 aromatic rings. The van der Waals surface area contributed by atoms with E-state index in [-0.39, 0.29) is 6.04 Å². The third kappa shape index (κ3) is 3.13. The zero-order chi connectivity index (χ0) is 20.7. The Morgan fingerprint density at radius 2 is 1.73 bits per heavy atom. The molecule has 0 spiro atoms. The molecule has 2 aliphatic rings. The van der Waals surface area contributed by atoms with Gasteiger partial charge in [-0.3, -0.25) is 4.90 Å². The minimum atomic E-state index is -0.629. The van der Waals surface area contributed by atoms with Gasteiger partial charge in [-0.1, -0.05) is 30.3 Å². The van der Waals surface area contributed by atoms with Crippen LogP contribution in [0.15, 0.2) is 72.8 Å². The van der Waals surface area contributed by atoms with Crippen molar-refractivity contribution >= 4 is 23.0 Å². The first-order valence-electron chi connectivity index (χ1n) is 9.87. The second kappa shape index (κ2) is 7.22. The Bertz CT molecular complexity index is 1090. The number of anilines is 1. The summed E-state index contributed by atoms with van der Waals surface area (Å²) in [6.45, 7) is 2.07. The van der Waals surface area contributed by atoms with Crippen molar-refractivity contribution in [2.24, 2.45) is 0 Å². The van der Waals surface area contributed by atoms with Crippen molar-refractivity contribution in [1.29, 1.82) is 0 Å². The molecule has 30 heavy (non-hydrogen) atoms. The van der Waals surface area contributed by atoms with Gasteiger partial charge in [0, 0.05) is 17.7 Å². The van der Waals surface area contributed by atoms with E-state index in [1.807, 2.05) is 71.6 Å². The van der Waals surface area contributed by atoms with Crippen LogP contribution in [0.25, 0.3) is 0 Å². The summed E-state index contributed by atoms with van der Waals surface area (Å²) in [5.74, 6) is 3.06. The highest BCUT2D eigenvalue weighted by molar-refractivity contribution is 7.80. The summed E-state index contributed by atoms with van der Waals surface area (Å²) >= 11 is 5.74. The monoisotopic (exact) mass is 418 g/mol. The molecule has 1 N–H and O–H groups in total. The zero-order valence-electron chi connectivity index (χ0n) is 16.8. The van der Waals surface area contributed by atoms with E-state index in [2.05, 4.69) is 18.3 Å². The van der Waals surface area contributed by atoms with E-state index in [1.165, 1.54) is 0 Å². The fourth-order valence-electron chi connectivity index (χ4n) is 4.20. The summed E-state index contributed by atoms with van der Waals surface area (Å²) in [6.07, 6.45) is 0.759. The fraction of sp³-hybridized carbons (Fsp3) is 0.208. The van der Waals surface area contributed by atoms with Gasteiger partial charge in [-0.2, -0.15) is 0 Å². The highest BCUT2D eigenvalue weighted by Crippen LogP contribution is 2.49. The van der Waals surface area contributed by atoms with Gasteiger partial charge in [-0.05, 0) is 61.6 Å². The van der Waals surface area contributed by atoms with E-state index in [1.54, 1.807) is 7.11 Å². The first-order chi connectivity index (χ1) is 14.6. The van der Waals surface area contributed by atoms with Crippen molar-refractivity contribution in [1.82, 2.24) is 5.32 Å². The third-order valence-electron chi connectivity index (χ3n) is 5.56. The molecule has 0 saturated carbocycles. The molecular weight excluding hydrogens is 396 g/mol. The Morgan fingerprint density at radius 1 is 1.00 bits per heavy atom. The highest BCUT2D eigenvalue weighted by atomic mass is 32.1. The summed E-state index contributed by atoms with van der Waals surface area (Å²) in [5.41, 5.74) is 1.38. The molecule has 2 unspecified atom stereocenters. The Labute approximate surface area is 181 Å². The number of thiocarbonyl (C=S) groups is 1. The highest BCUT2D eigenvalue weighted by Gasteiger charge is 2.49. The fourth-order valence-corrected chi connectivity index (χ4v) is 4.64. The molecule has 6 heteroatoms. The molecule has 0 aromatic heterocycles. The lowest BCUT2D eigenvalue weighted by Crippen LogP contribution is -2.65. The standard InChI is InChI=1S/C24H22N2O3S/c1-24-15-20(19-9-6-10-21(27-2)22(19)29-24)25-23(30)26(24)16-11-13-18(14-12-16)28-17-7-4-3-5-8-17/h3-14,20H,15H2,1-2H3,(H,25,30). The van der Waals surface area contributed by atoms with E-state index in [9.17, 15) is 0 Å². The molecule has 2 aliphatic heterocycles. The van der Waals surface area contributed by atoms with Crippen LogP contribution in [0.1, 0.15) is 24.9 Å². The first-order valence-corrected chi connectivity index (χ1v) is 10.3. The molecule has 1 fully saturated rings. The number of ether oxygens (including phenoxy) is 3. The average Bonchev–Trinajstić information content (AvgIpc) is 2.75. The Morgan fingerprint density at radius 3 is 2.47 bits per heavy atom. The molecule has 0 amide bonds. The number of hydrogen-bond acceptors (Lipinski definition) is 4. The number of para-hydroxylation sites is 2. The molecular formula is C24H22N2O3S. The van der Waals surface area contributed by atoms with Gasteiger partial charge in [-0.15, -0.1) is 0 Å². The molecule has 152 valence electrons. The van der Waals surface area contributed by atoms with Crippen molar-refractivity contribution in [3.05, 3.63) is 78.4 Å². The Hall–Kier alpha value is -3.25. The van der Waals surface area contributed by atoms with Crippen molar-refractivity contribution < 1.29 is 14.2 Å². The number of nitrogens with one attached hydrogen (secondary N) is 1. The largest absolute Gasteiger partial charge is 0.493 e. The summed E-state index contributed by atoms with van der Waals surface area (Å²) in [4.78, 5) is 2.03. The van der Waals surface area contributed by atoms with Crippen molar-refractivity contribution in [3.8, 4) is 23.0 Å². The molecule has 0 radical (unpaired) electrons. The van der Waals surface area contributed by atoms with Crippen LogP contribution in [0.3, 0.4) is 0 Å². The second-order valence-electron chi connectivity index (χ2n) is 7.61. The van der Waals surface area contributed by atoms with Gasteiger partial charge >= 0.3 is 0 Å². The van der Waals surface area contributed by atoms with Crippen LogP contribution >= 0.6 is 12.2 Å². The number of rotatable bonds is 4. The lowest BCUT2D eigenvalue weighted by Gasteiger charge is -2.52. The first kappa shape index (κ1) is 18.8. The minimum absolute atomic E-state index is 0.0817. The number of nitrogens with zero attached hydrogens (tertiary/aromatic N) is 1. The maximum atomic E-state index is 6.52. The van der Waals surface area contributed by atoms with Crippen LogP contribution in [-0.4, -0.2) is 17.9 Å². The van der Waals surface area contributed by atoms with Gasteiger partial charge in [0.2, 0.25) is 0 Å². The van der Waals surface area contributed by atoms with Crippen LogP contribution in [0.2, 0.25) is 0 Å². The van der Waals surface area contributed by atoms with E-state index >= 15 is 0 Å². The minimum Gasteiger partial charge on any atom is -0.493 e. The van der Waals surface area contributed by atoms with Crippen LogP contribution in [0.4, 0.5) is 5.69 Å². The second-order valence-corrected chi connectivity index (χ2v) is 7.99. The van der Waals surface area contributed by atoms with Gasteiger partial charge in [0.05, 0.1) is 13.2 Å². The van der Waals surface area contributed by atoms with Crippen molar-refractivity contribution in [2.75, 3.05) is 12.0 Å². The van der Waals surface area contributed by atoms with E-state index in [0.717, 1.165) is 40.7 Å². The van der Waals surface area contributed by atoms with Crippen molar-refractivity contribution in [2.45, 2.75) is 25.1 Å². The summed E-state index contributed by atoms with van der Waals surface area (Å²) in [5, 5.41) is 4.11. The Kier molecular flexibility index (Phi) is 4.51. The Balaban J connectivity index is 1.46. The molecule has 5 nitrogen and oxygen atoms in total. The normalized spacial score (nSPS) is 21.9. The molecule has 5 rings (SSSR count). The van der Waals surface area contributed by atoms with Crippen LogP contribution in [-0.2, 0) is 0 Å².